The lowest BCUT2D eigenvalue weighted by atomic mass is 10.2. The summed E-state index contributed by atoms with van der Waals surface area (Å²) in [5.41, 5.74) is 5.85. The van der Waals surface area contributed by atoms with Gasteiger partial charge in [-0.1, -0.05) is 34.8 Å². The number of rotatable bonds is 1. The quantitative estimate of drug-likeness (QED) is 0.597. The molecule has 0 saturated heterocycles. The van der Waals surface area contributed by atoms with E-state index in [0.29, 0.717) is 0 Å². The van der Waals surface area contributed by atoms with E-state index in [0.717, 1.165) is 0 Å². The van der Waals surface area contributed by atoms with E-state index in [1.807, 2.05) is 0 Å². The molecule has 0 atom stereocenters. The first-order valence-corrected chi connectivity index (χ1v) is 4.77. The molecule has 14 heavy (non-hydrogen) atoms. The molecule has 1 rings (SSSR count). The number of nitrogen functional groups attached to an aromatic ring is 1. The molecule has 0 saturated carbocycles. The Labute approximate surface area is 96.1 Å². The Balaban J connectivity index is 3.47. The van der Waals surface area contributed by atoms with Crippen molar-refractivity contribution < 1.29 is 4.79 Å². The van der Waals surface area contributed by atoms with Crippen molar-refractivity contribution in [3.05, 3.63) is 26.7 Å². The summed E-state index contributed by atoms with van der Waals surface area (Å²) < 4.78 is 0. The zero-order valence-corrected chi connectivity index (χ0v) is 9.46. The van der Waals surface area contributed by atoms with Crippen LogP contribution in [0.4, 0.5) is 5.69 Å². The van der Waals surface area contributed by atoms with Gasteiger partial charge in [0.2, 0.25) is 0 Å². The minimum Gasteiger partial charge on any atom is -0.397 e. The SMILES string of the molecule is CNC(=O)c1c(Cl)c(N)cc(Cl)c1Cl. The summed E-state index contributed by atoms with van der Waals surface area (Å²) in [6.45, 7) is 0. The molecule has 0 aliphatic heterocycles. The predicted molar refractivity (Wildman–Crippen MR) is 59.3 cm³/mol. The van der Waals surface area contributed by atoms with Crippen LogP contribution in [0.1, 0.15) is 10.4 Å². The van der Waals surface area contributed by atoms with E-state index in [9.17, 15) is 4.79 Å². The molecule has 0 unspecified atom stereocenters. The van der Waals surface area contributed by atoms with Crippen LogP contribution >= 0.6 is 34.8 Å². The van der Waals surface area contributed by atoms with E-state index < -0.39 is 5.91 Å². The number of hydrogen-bond acceptors (Lipinski definition) is 2. The molecule has 0 aliphatic rings. The molecular formula is C8H7Cl3N2O. The first-order chi connectivity index (χ1) is 6.49. The molecule has 0 fully saturated rings. The van der Waals surface area contributed by atoms with Crippen molar-refractivity contribution in [3.63, 3.8) is 0 Å². The highest BCUT2D eigenvalue weighted by Gasteiger charge is 2.18. The van der Waals surface area contributed by atoms with Gasteiger partial charge in [-0.25, -0.2) is 0 Å². The Bertz CT molecular complexity index is 366. The fraction of sp³-hybridized carbons (Fsp3) is 0.125. The number of anilines is 1. The first kappa shape index (κ1) is 11.4. The number of amides is 1. The first-order valence-electron chi connectivity index (χ1n) is 3.64. The van der Waals surface area contributed by atoms with Crippen molar-refractivity contribution in [3.8, 4) is 0 Å². The maximum atomic E-state index is 11.4. The van der Waals surface area contributed by atoms with Crippen molar-refractivity contribution >= 4 is 46.4 Å². The van der Waals surface area contributed by atoms with Gasteiger partial charge in [-0.05, 0) is 6.07 Å². The fourth-order valence-electron chi connectivity index (χ4n) is 0.948. The Morgan fingerprint density at radius 1 is 1.36 bits per heavy atom. The molecule has 1 aromatic rings. The summed E-state index contributed by atoms with van der Waals surface area (Å²) >= 11 is 17.4. The second-order valence-electron chi connectivity index (χ2n) is 2.53. The molecule has 0 aliphatic carbocycles. The lowest BCUT2D eigenvalue weighted by molar-refractivity contribution is 0.0963. The number of carbonyl (C=O) groups excluding carboxylic acids is 1. The molecule has 0 radical (unpaired) electrons. The number of carbonyl (C=O) groups is 1. The third-order valence-corrected chi connectivity index (χ3v) is 2.83. The van der Waals surface area contributed by atoms with Gasteiger partial charge in [0.25, 0.3) is 5.91 Å². The van der Waals surface area contributed by atoms with E-state index in [-0.39, 0.29) is 26.3 Å². The van der Waals surface area contributed by atoms with Crippen molar-refractivity contribution in [2.24, 2.45) is 0 Å². The maximum Gasteiger partial charge on any atom is 0.254 e. The molecule has 76 valence electrons. The average molecular weight is 254 g/mol. The van der Waals surface area contributed by atoms with E-state index in [1.54, 1.807) is 0 Å². The summed E-state index contributed by atoms with van der Waals surface area (Å²) in [6, 6.07) is 1.40. The van der Waals surface area contributed by atoms with Crippen LogP contribution in [0.15, 0.2) is 6.07 Å². The monoisotopic (exact) mass is 252 g/mol. The predicted octanol–water partition coefficient (Wildman–Crippen LogP) is 2.59. The number of nitrogens with one attached hydrogen (secondary N) is 1. The minimum atomic E-state index is -0.422. The van der Waals surface area contributed by atoms with Crippen molar-refractivity contribution in [2.45, 2.75) is 0 Å². The van der Waals surface area contributed by atoms with Crippen LogP contribution < -0.4 is 11.1 Å². The third-order valence-electron chi connectivity index (χ3n) is 1.64. The van der Waals surface area contributed by atoms with E-state index in [4.69, 9.17) is 40.5 Å². The molecule has 3 N–H and O–H groups in total. The third kappa shape index (κ3) is 1.90. The zero-order chi connectivity index (χ0) is 10.9. The lowest BCUT2D eigenvalue weighted by Gasteiger charge is -2.09. The Kier molecular flexibility index (Phi) is 3.48. The van der Waals surface area contributed by atoms with Crippen LogP contribution in [0.25, 0.3) is 0 Å². The van der Waals surface area contributed by atoms with Crippen LogP contribution in [-0.2, 0) is 0 Å². The number of benzene rings is 1. The van der Waals surface area contributed by atoms with E-state index in [1.165, 1.54) is 13.1 Å². The largest absolute Gasteiger partial charge is 0.397 e. The van der Waals surface area contributed by atoms with Crippen molar-refractivity contribution in [1.29, 1.82) is 0 Å². The normalized spacial score (nSPS) is 10.0. The van der Waals surface area contributed by atoms with Gasteiger partial charge >= 0.3 is 0 Å². The van der Waals surface area contributed by atoms with E-state index >= 15 is 0 Å². The fourth-order valence-corrected chi connectivity index (χ4v) is 1.68. The minimum absolute atomic E-state index is 0.0980. The molecular weight excluding hydrogens is 246 g/mol. The molecule has 0 aromatic heterocycles. The second kappa shape index (κ2) is 4.26. The molecule has 0 heterocycles. The highest BCUT2D eigenvalue weighted by molar-refractivity contribution is 6.47. The van der Waals surface area contributed by atoms with Gasteiger partial charge in [-0.3, -0.25) is 4.79 Å². The van der Waals surface area contributed by atoms with E-state index in [2.05, 4.69) is 5.32 Å². The molecule has 3 nitrogen and oxygen atoms in total. The van der Waals surface area contributed by atoms with Crippen LogP contribution in [-0.4, -0.2) is 13.0 Å². The summed E-state index contributed by atoms with van der Waals surface area (Å²) in [6.07, 6.45) is 0. The molecule has 0 bridgehead atoms. The number of halogens is 3. The van der Waals surface area contributed by atoms with Gasteiger partial charge in [0.15, 0.2) is 0 Å². The highest BCUT2D eigenvalue weighted by Crippen LogP contribution is 2.35. The molecule has 0 spiro atoms. The molecule has 1 aromatic carbocycles. The lowest BCUT2D eigenvalue weighted by Crippen LogP contribution is -2.19. The van der Waals surface area contributed by atoms with Crippen molar-refractivity contribution in [2.75, 3.05) is 12.8 Å². The van der Waals surface area contributed by atoms with Gasteiger partial charge in [0.05, 0.1) is 26.3 Å². The second-order valence-corrected chi connectivity index (χ2v) is 3.69. The smallest absolute Gasteiger partial charge is 0.254 e. The molecule has 6 heteroatoms. The Hall–Kier alpha value is -0.640. The Morgan fingerprint density at radius 3 is 2.43 bits per heavy atom. The molecule has 1 amide bonds. The summed E-state index contributed by atoms with van der Waals surface area (Å²) in [5, 5.41) is 2.81. The van der Waals surface area contributed by atoms with Gasteiger partial charge in [0, 0.05) is 7.05 Å². The van der Waals surface area contributed by atoms with Crippen molar-refractivity contribution in [1.82, 2.24) is 5.32 Å². The van der Waals surface area contributed by atoms with Gasteiger partial charge in [-0.2, -0.15) is 0 Å². The van der Waals surface area contributed by atoms with Crippen LogP contribution in [0, 0.1) is 0 Å². The summed E-state index contributed by atoms with van der Waals surface area (Å²) in [7, 11) is 1.46. The standard InChI is InChI=1S/C8H7Cl3N2O/c1-13-8(14)5-6(10)3(9)2-4(12)7(5)11/h2H,12H2,1H3,(H,13,14). The van der Waals surface area contributed by atoms with Crippen LogP contribution in [0.5, 0.6) is 0 Å². The number of nitrogens with two attached hydrogens (primary N) is 1. The average Bonchev–Trinajstić information content (AvgIpc) is 2.15. The van der Waals surface area contributed by atoms with Crippen LogP contribution in [0.3, 0.4) is 0 Å². The van der Waals surface area contributed by atoms with Gasteiger partial charge < -0.3 is 11.1 Å². The van der Waals surface area contributed by atoms with Crippen LogP contribution in [0.2, 0.25) is 15.1 Å². The Morgan fingerprint density at radius 2 is 1.93 bits per heavy atom. The topological polar surface area (TPSA) is 55.1 Å². The van der Waals surface area contributed by atoms with Gasteiger partial charge in [-0.15, -0.1) is 0 Å². The maximum absolute atomic E-state index is 11.4. The zero-order valence-electron chi connectivity index (χ0n) is 7.20. The van der Waals surface area contributed by atoms with Gasteiger partial charge in [0.1, 0.15) is 0 Å². The summed E-state index contributed by atoms with van der Waals surface area (Å²) in [4.78, 5) is 11.4. The number of hydrogen-bond donors (Lipinski definition) is 2. The summed E-state index contributed by atoms with van der Waals surface area (Å²) in [5.74, 6) is -0.422. The highest BCUT2D eigenvalue weighted by atomic mass is 35.5.